The Kier molecular flexibility index (Phi) is 32.6. The molecule has 0 saturated heterocycles. The number of hydrogen-bond acceptors (Lipinski definition) is 2. The Balaban J connectivity index is -0.000000208. The Labute approximate surface area is 166 Å². The van der Waals surface area contributed by atoms with Crippen molar-refractivity contribution >= 4 is 34.8 Å². The molecular weight excluding hydrogens is 534 g/mol. The Hall–Kier alpha value is -1.30. The second kappa shape index (κ2) is 27.9. The zero-order valence-electron chi connectivity index (χ0n) is 11.9. The molecule has 0 amide bonds. The molecule has 3 aromatic carbocycles. The van der Waals surface area contributed by atoms with Gasteiger partial charge < -0.3 is 41.2 Å². The molecule has 0 fully saturated rings. The van der Waals surface area contributed by atoms with Crippen molar-refractivity contribution in [2.24, 2.45) is 0 Å². The van der Waals surface area contributed by atoms with Crippen LogP contribution >= 0.6 is 24.4 Å². The average Bonchev–Trinajstić information content (AvgIpc) is 3.26. The predicted molar refractivity (Wildman–Crippen MR) is 98.0 cm³/mol. The van der Waals surface area contributed by atoms with E-state index in [1.807, 2.05) is 91.0 Å². The fourth-order valence-corrected chi connectivity index (χ4v) is 0.962. The molecule has 2 nitrogen and oxygen atoms in total. The molecular formula is C17H15N2S2U-9. The van der Waals surface area contributed by atoms with Crippen LogP contribution in [0.25, 0.3) is 10.8 Å². The van der Waals surface area contributed by atoms with E-state index < -0.39 is 0 Å². The van der Waals surface area contributed by atoms with Gasteiger partial charge in [-0.1, -0.05) is 24.4 Å². The van der Waals surface area contributed by atoms with Crippen molar-refractivity contribution in [2.75, 3.05) is 0 Å². The van der Waals surface area contributed by atoms with Crippen LogP contribution in [0.4, 0.5) is 0 Å². The van der Waals surface area contributed by atoms with Gasteiger partial charge in [0.25, 0.3) is 0 Å². The maximum atomic E-state index is 7.13. The molecule has 0 spiro atoms. The average molecular weight is 549 g/mol. The first-order valence-corrected chi connectivity index (χ1v) is 6.67. The number of nitrogens with zero attached hydrogens (tertiary/aromatic N) is 2. The van der Waals surface area contributed by atoms with Gasteiger partial charge in [0.1, 0.15) is 0 Å². The molecule has 0 aliphatic rings. The molecule has 0 unspecified atom stereocenters. The van der Waals surface area contributed by atoms with Crippen molar-refractivity contribution in [3.63, 3.8) is 0 Å². The van der Waals surface area contributed by atoms with Crippen LogP contribution in [0.15, 0.2) is 91.0 Å². The largest absolute Gasteiger partial charge is 0.753 e. The Morgan fingerprint density at radius 1 is 0.591 bits per heavy atom. The van der Waals surface area contributed by atoms with Gasteiger partial charge in [-0.3, -0.25) is 0 Å². The van der Waals surface area contributed by atoms with Crippen LogP contribution in [-0.4, -0.2) is 10.3 Å². The van der Waals surface area contributed by atoms with Crippen LogP contribution in [0.3, 0.4) is 0 Å². The van der Waals surface area contributed by atoms with Crippen molar-refractivity contribution in [3.05, 3.63) is 102 Å². The SMILES string of the molecule is [N-]=C=S.[N-]=C=S.[U].[cH-]1[cH-][cH-][cH-][cH-]1.c1cc[cH-]c1.c1cc[cH-]c1. The molecule has 0 aliphatic heterocycles. The number of rotatable bonds is 0. The Morgan fingerprint density at radius 2 is 0.773 bits per heavy atom. The van der Waals surface area contributed by atoms with E-state index in [9.17, 15) is 0 Å². The zero-order chi connectivity index (χ0) is 16.0. The summed E-state index contributed by atoms with van der Waals surface area (Å²) < 4.78 is 0. The second-order valence-corrected chi connectivity index (χ2v) is 3.43. The maximum Gasteiger partial charge on any atom is 0 e. The molecule has 3 aromatic rings. The van der Waals surface area contributed by atoms with Crippen LogP contribution in [0.5, 0.6) is 0 Å². The third-order valence-corrected chi connectivity index (χ3v) is 1.67. The van der Waals surface area contributed by atoms with Crippen LogP contribution in [-0.2, 0) is 0 Å². The van der Waals surface area contributed by atoms with E-state index in [1.54, 1.807) is 0 Å². The van der Waals surface area contributed by atoms with E-state index in [0.717, 1.165) is 0 Å². The minimum Gasteiger partial charge on any atom is -0.753 e. The first-order valence-electron chi connectivity index (χ1n) is 5.86. The van der Waals surface area contributed by atoms with E-state index in [2.05, 4.69) is 24.4 Å². The first-order chi connectivity index (χ1) is 10.3. The smallest absolute Gasteiger partial charge is 0 e. The van der Waals surface area contributed by atoms with Crippen LogP contribution < -0.4 is 0 Å². The van der Waals surface area contributed by atoms with E-state index >= 15 is 0 Å². The minimum absolute atomic E-state index is 0. The summed E-state index contributed by atoms with van der Waals surface area (Å²) in [5, 5.41) is 16.9. The monoisotopic (exact) mass is 549 g/mol. The third-order valence-electron chi connectivity index (χ3n) is 1.67. The van der Waals surface area contributed by atoms with Gasteiger partial charge in [0, 0.05) is 31.1 Å². The Bertz CT molecular complexity index is 391. The van der Waals surface area contributed by atoms with Gasteiger partial charge in [0.05, 0.1) is 0 Å². The van der Waals surface area contributed by atoms with Crippen molar-refractivity contribution in [1.29, 1.82) is 0 Å². The zero-order valence-corrected chi connectivity index (χ0v) is 17.7. The summed E-state index contributed by atoms with van der Waals surface area (Å²) in [7, 11) is 0. The van der Waals surface area contributed by atoms with E-state index in [0.29, 0.717) is 0 Å². The van der Waals surface area contributed by atoms with Gasteiger partial charge in [0.15, 0.2) is 0 Å². The van der Waals surface area contributed by atoms with Crippen LogP contribution in [0.1, 0.15) is 0 Å². The molecule has 0 saturated carbocycles. The van der Waals surface area contributed by atoms with Crippen molar-refractivity contribution in [2.45, 2.75) is 0 Å². The summed E-state index contributed by atoms with van der Waals surface area (Å²) in [5.41, 5.74) is 0. The standard InChI is InChI=1S/3C5H5.2CNS.U/c3*1-2-4-5-3-1;2*2-1-3;/h3*1-5H;;;/q-5;4*-1;. The molecule has 5 heteroatoms. The minimum atomic E-state index is 0. The molecule has 0 bridgehead atoms. The van der Waals surface area contributed by atoms with Gasteiger partial charge >= 0.3 is 0 Å². The molecule has 0 atom stereocenters. The van der Waals surface area contributed by atoms with Crippen LogP contribution in [0.2, 0.25) is 0 Å². The molecule has 0 aliphatic carbocycles. The van der Waals surface area contributed by atoms with Gasteiger partial charge in [-0.15, -0.1) is 0 Å². The fourth-order valence-electron chi connectivity index (χ4n) is 0.962. The van der Waals surface area contributed by atoms with Gasteiger partial charge in [-0.05, 0) is 0 Å². The molecule has 0 aromatic heterocycles. The molecule has 0 N–H and O–H groups in total. The predicted octanol–water partition coefficient (Wildman–Crippen LogP) is 5.53. The van der Waals surface area contributed by atoms with Crippen molar-refractivity contribution in [3.8, 4) is 0 Å². The molecule has 0 radical (unpaired) electrons. The molecule has 118 valence electrons. The summed E-state index contributed by atoms with van der Waals surface area (Å²) in [5.74, 6) is 0. The van der Waals surface area contributed by atoms with E-state index in [-0.39, 0.29) is 31.1 Å². The van der Waals surface area contributed by atoms with Crippen molar-refractivity contribution < 1.29 is 31.1 Å². The second-order valence-electron chi connectivity index (χ2n) is 3.07. The molecule has 22 heavy (non-hydrogen) atoms. The summed E-state index contributed by atoms with van der Waals surface area (Å²) >= 11 is 7.40. The fraction of sp³-hybridized carbons (Fsp3) is 0. The van der Waals surface area contributed by atoms with Crippen molar-refractivity contribution in [1.82, 2.24) is 0 Å². The molecule has 0 heterocycles. The van der Waals surface area contributed by atoms with Gasteiger partial charge in [0.2, 0.25) is 0 Å². The molecule has 3 rings (SSSR count). The van der Waals surface area contributed by atoms with Gasteiger partial charge in [-0.2, -0.15) is 46.7 Å². The van der Waals surface area contributed by atoms with Crippen LogP contribution in [0, 0.1) is 31.1 Å². The summed E-state index contributed by atoms with van der Waals surface area (Å²) in [6.45, 7) is 0. The number of isothiocyanates is 2. The summed E-state index contributed by atoms with van der Waals surface area (Å²) in [6, 6.07) is 30.0. The quantitative estimate of drug-likeness (QED) is 0.210. The normalized spacial score (nSPS) is 6.18. The van der Waals surface area contributed by atoms with E-state index in [4.69, 9.17) is 10.8 Å². The first kappa shape index (κ1) is 25.6. The van der Waals surface area contributed by atoms with Gasteiger partial charge in [-0.25, -0.2) is 24.3 Å². The third kappa shape index (κ3) is 31.2. The topological polar surface area (TPSA) is 44.6 Å². The Morgan fingerprint density at radius 3 is 0.864 bits per heavy atom. The summed E-state index contributed by atoms with van der Waals surface area (Å²) in [6.07, 6.45) is 0. The maximum absolute atomic E-state index is 7.13. The number of thiocarbonyl (C=S) groups is 2. The van der Waals surface area contributed by atoms with E-state index in [1.165, 1.54) is 10.3 Å². The summed E-state index contributed by atoms with van der Waals surface area (Å²) in [4.78, 5) is 0. The number of hydrogen-bond donors (Lipinski definition) is 0.